The number of benzene rings is 2. The van der Waals surface area contributed by atoms with E-state index in [0.717, 1.165) is 12.8 Å². The number of carbonyl (C=O) groups excluding carboxylic acids is 1. The van der Waals surface area contributed by atoms with Crippen LogP contribution in [0.5, 0.6) is 0 Å². The van der Waals surface area contributed by atoms with Crippen molar-refractivity contribution in [1.82, 2.24) is 4.90 Å². The quantitative estimate of drug-likeness (QED) is 0.834. The molecule has 2 heteroatoms. The van der Waals surface area contributed by atoms with Gasteiger partial charge in [-0.2, -0.15) is 0 Å². The van der Waals surface area contributed by atoms with Crippen molar-refractivity contribution >= 4 is 5.91 Å². The maximum absolute atomic E-state index is 12.3. The lowest BCUT2D eigenvalue weighted by atomic mass is 10.0. The van der Waals surface area contributed by atoms with E-state index < -0.39 is 0 Å². The summed E-state index contributed by atoms with van der Waals surface area (Å²) in [6.45, 7) is 0.711. The third-order valence-electron chi connectivity index (χ3n) is 4.94. The normalized spacial score (nSPS) is 25.1. The first kappa shape index (κ1) is 12.6. The highest BCUT2D eigenvalue weighted by Gasteiger charge is 2.75. The van der Waals surface area contributed by atoms with Crippen LogP contribution in [0.1, 0.15) is 18.4 Å². The second-order valence-electron chi connectivity index (χ2n) is 6.49. The van der Waals surface area contributed by atoms with Gasteiger partial charge in [0.05, 0.1) is 5.41 Å². The van der Waals surface area contributed by atoms with Gasteiger partial charge in [0.15, 0.2) is 0 Å². The molecular weight excluding hydrogens is 258 g/mol. The molecule has 2 saturated carbocycles. The summed E-state index contributed by atoms with van der Waals surface area (Å²) in [5.74, 6) is 1.06. The standard InChI is InChI=1S/C19H19NO/c1-20(18(21)19-11-17(19)12-19)13-14-7-9-16(10-8-14)15-5-3-2-4-6-15/h2-10,17H,11-13H2,1H3. The molecule has 0 spiro atoms. The van der Waals surface area contributed by atoms with E-state index >= 15 is 0 Å². The van der Waals surface area contributed by atoms with Gasteiger partial charge in [-0.15, -0.1) is 0 Å². The molecule has 0 N–H and O–H groups in total. The topological polar surface area (TPSA) is 20.3 Å². The molecule has 21 heavy (non-hydrogen) atoms. The summed E-state index contributed by atoms with van der Waals surface area (Å²) in [5.41, 5.74) is 3.72. The molecule has 0 heterocycles. The Morgan fingerprint density at radius 3 is 2.19 bits per heavy atom. The van der Waals surface area contributed by atoms with Gasteiger partial charge in [0.2, 0.25) is 5.91 Å². The minimum absolute atomic E-state index is 0.0821. The Hall–Kier alpha value is -2.09. The van der Waals surface area contributed by atoms with Crippen LogP contribution in [0.4, 0.5) is 0 Å². The number of fused-ring (bicyclic) bond motifs is 1. The van der Waals surface area contributed by atoms with Gasteiger partial charge in [0.1, 0.15) is 0 Å². The molecule has 0 radical (unpaired) electrons. The lowest BCUT2D eigenvalue weighted by Gasteiger charge is -2.19. The molecule has 0 bridgehead atoms. The second-order valence-corrected chi connectivity index (χ2v) is 6.49. The minimum atomic E-state index is 0.0821. The van der Waals surface area contributed by atoms with Gasteiger partial charge in [0, 0.05) is 13.6 Å². The minimum Gasteiger partial charge on any atom is -0.341 e. The lowest BCUT2D eigenvalue weighted by molar-refractivity contribution is -0.133. The predicted molar refractivity (Wildman–Crippen MR) is 83.5 cm³/mol. The van der Waals surface area contributed by atoms with E-state index in [4.69, 9.17) is 0 Å². The van der Waals surface area contributed by atoms with E-state index in [9.17, 15) is 4.79 Å². The predicted octanol–water partition coefficient (Wildman–Crippen LogP) is 3.72. The van der Waals surface area contributed by atoms with Gasteiger partial charge in [0.25, 0.3) is 0 Å². The van der Waals surface area contributed by atoms with Crippen LogP contribution in [0.2, 0.25) is 0 Å². The van der Waals surface area contributed by atoms with Gasteiger partial charge in [-0.1, -0.05) is 54.6 Å². The molecule has 0 saturated heterocycles. The van der Waals surface area contributed by atoms with E-state index in [-0.39, 0.29) is 5.41 Å². The zero-order valence-electron chi connectivity index (χ0n) is 12.3. The largest absolute Gasteiger partial charge is 0.341 e. The fraction of sp³-hybridized carbons (Fsp3) is 0.316. The Morgan fingerprint density at radius 1 is 1.05 bits per heavy atom. The van der Waals surface area contributed by atoms with Crippen LogP contribution < -0.4 is 0 Å². The molecule has 2 aromatic carbocycles. The Bertz CT molecular complexity index is 668. The number of carbonyl (C=O) groups is 1. The Kier molecular flexibility index (Phi) is 2.68. The molecule has 2 nitrogen and oxygen atoms in total. The Balaban J connectivity index is 1.45. The lowest BCUT2D eigenvalue weighted by Crippen LogP contribution is -2.30. The first-order chi connectivity index (χ1) is 10.2. The van der Waals surface area contributed by atoms with Gasteiger partial charge in [-0.3, -0.25) is 4.79 Å². The fourth-order valence-electron chi connectivity index (χ4n) is 3.21. The summed E-state index contributed by atoms with van der Waals surface area (Å²) >= 11 is 0. The van der Waals surface area contributed by atoms with Crippen molar-refractivity contribution in [2.75, 3.05) is 7.05 Å². The molecule has 1 amide bonds. The summed E-state index contributed by atoms with van der Waals surface area (Å²) in [5, 5.41) is 0. The Morgan fingerprint density at radius 2 is 1.62 bits per heavy atom. The maximum atomic E-state index is 12.3. The van der Waals surface area contributed by atoms with E-state index in [1.54, 1.807) is 0 Å². The smallest absolute Gasteiger partial charge is 0.229 e. The van der Waals surface area contributed by atoms with Gasteiger partial charge >= 0.3 is 0 Å². The highest BCUT2D eigenvalue weighted by atomic mass is 16.2. The molecule has 2 aliphatic rings. The molecule has 2 fully saturated rings. The third kappa shape index (κ3) is 2.15. The van der Waals surface area contributed by atoms with Crippen LogP contribution in [0.15, 0.2) is 54.6 Å². The summed E-state index contributed by atoms with van der Waals surface area (Å²) in [7, 11) is 1.93. The first-order valence-electron chi connectivity index (χ1n) is 7.59. The fourth-order valence-corrected chi connectivity index (χ4v) is 3.21. The number of rotatable bonds is 4. The van der Waals surface area contributed by atoms with Crippen molar-refractivity contribution in [3.63, 3.8) is 0 Å². The number of amides is 1. The SMILES string of the molecule is CN(Cc1ccc(-c2ccccc2)cc1)C(=O)C12CC1C2. The van der Waals surface area contributed by atoms with Crippen molar-refractivity contribution in [2.45, 2.75) is 19.4 Å². The molecule has 0 aromatic heterocycles. The van der Waals surface area contributed by atoms with Crippen molar-refractivity contribution in [1.29, 1.82) is 0 Å². The van der Waals surface area contributed by atoms with Crippen molar-refractivity contribution in [2.24, 2.45) is 11.3 Å². The highest BCUT2D eigenvalue weighted by molar-refractivity contribution is 5.89. The molecule has 4 rings (SSSR count). The van der Waals surface area contributed by atoms with E-state index in [0.29, 0.717) is 18.4 Å². The third-order valence-corrected chi connectivity index (χ3v) is 4.94. The van der Waals surface area contributed by atoms with Crippen molar-refractivity contribution < 1.29 is 4.79 Å². The summed E-state index contributed by atoms with van der Waals surface area (Å²) in [6.07, 6.45) is 2.26. The zero-order valence-corrected chi connectivity index (χ0v) is 12.3. The molecule has 106 valence electrons. The maximum Gasteiger partial charge on any atom is 0.229 e. The number of hydrogen-bond donors (Lipinski definition) is 0. The number of hydrogen-bond acceptors (Lipinski definition) is 1. The van der Waals surface area contributed by atoms with Crippen molar-refractivity contribution in [3.8, 4) is 11.1 Å². The van der Waals surface area contributed by atoms with Gasteiger partial charge < -0.3 is 4.90 Å². The first-order valence-corrected chi connectivity index (χ1v) is 7.59. The van der Waals surface area contributed by atoms with Crippen LogP contribution in [0.3, 0.4) is 0 Å². The van der Waals surface area contributed by atoms with Crippen LogP contribution in [0, 0.1) is 11.3 Å². The van der Waals surface area contributed by atoms with E-state index in [2.05, 4.69) is 48.5 Å². The second kappa shape index (κ2) is 4.45. The zero-order chi connectivity index (χ0) is 14.4. The number of nitrogens with zero attached hydrogens (tertiary/aromatic N) is 1. The molecule has 2 aliphatic carbocycles. The van der Waals surface area contributed by atoms with Gasteiger partial charge in [-0.25, -0.2) is 0 Å². The molecule has 2 aromatic rings. The summed E-state index contributed by atoms with van der Waals surface area (Å²) < 4.78 is 0. The van der Waals surface area contributed by atoms with E-state index in [1.807, 2.05) is 18.0 Å². The molecular formula is C19H19NO. The average Bonchev–Trinajstić information content (AvgIpc) is 3.38. The average molecular weight is 277 g/mol. The van der Waals surface area contributed by atoms with Crippen LogP contribution in [0.25, 0.3) is 11.1 Å². The monoisotopic (exact) mass is 277 g/mol. The molecule has 0 aliphatic heterocycles. The highest BCUT2D eigenvalue weighted by Crippen LogP contribution is 2.75. The van der Waals surface area contributed by atoms with Crippen LogP contribution >= 0.6 is 0 Å². The van der Waals surface area contributed by atoms with Crippen LogP contribution in [-0.2, 0) is 11.3 Å². The molecule has 0 atom stereocenters. The summed E-state index contributed by atoms with van der Waals surface area (Å²) in [6, 6.07) is 18.9. The summed E-state index contributed by atoms with van der Waals surface area (Å²) in [4.78, 5) is 14.2. The van der Waals surface area contributed by atoms with Gasteiger partial charge in [-0.05, 0) is 35.4 Å². The van der Waals surface area contributed by atoms with E-state index in [1.165, 1.54) is 16.7 Å². The van der Waals surface area contributed by atoms with Crippen molar-refractivity contribution in [3.05, 3.63) is 60.2 Å². The molecule has 0 unspecified atom stereocenters. The Labute approximate surface area is 125 Å². The van der Waals surface area contributed by atoms with Crippen LogP contribution in [-0.4, -0.2) is 17.9 Å².